The maximum Gasteiger partial charge on any atom is 0.240 e. The van der Waals surface area contributed by atoms with E-state index < -0.39 is 23.9 Å². The van der Waals surface area contributed by atoms with E-state index in [1.54, 1.807) is 42.6 Å². The van der Waals surface area contributed by atoms with E-state index in [4.69, 9.17) is 4.74 Å². The fourth-order valence-electron chi connectivity index (χ4n) is 4.81. The highest BCUT2D eigenvalue weighted by atomic mass is 16.5. The van der Waals surface area contributed by atoms with Gasteiger partial charge in [0.15, 0.2) is 5.78 Å². The number of Topliss-reactive ketones (excluding diaryl/α,β-unsaturated/α-hetero) is 1. The van der Waals surface area contributed by atoms with Gasteiger partial charge in [0.2, 0.25) is 11.8 Å². The zero-order chi connectivity index (χ0) is 20.3. The van der Waals surface area contributed by atoms with Crippen LogP contribution in [0.1, 0.15) is 24.1 Å². The molecule has 0 aromatic heterocycles. The molecule has 2 saturated heterocycles. The van der Waals surface area contributed by atoms with Crippen LogP contribution in [0, 0.1) is 11.8 Å². The summed E-state index contributed by atoms with van der Waals surface area (Å²) < 4.78 is 5.16. The number of carbonyl (C=O) groups excluding carboxylic acids is 3. The van der Waals surface area contributed by atoms with E-state index >= 15 is 0 Å². The van der Waals surface area contributed by atoms with Gasteiger partial charge in [-0.05, 0) is 42.3 Å². The Kier molecular flexibility index (Phi) is 3.81. The number of hydrogen-bond acceptors (Lipinski definition) is 6. The zero-order valence-corrected chi connectivity index (χ0v) is 16.0. The molecule has 3 aliphatic heterocycles. The molecular formula is C22H19N3O4. The molecule has 0 spiro atoms. The quantitative estimate of drug-likeness (QED) is 0.752. The summed E-state index contributed by atoms with van der Waals surface area (Å²) in [4.78, 5) is 40.6. The first-order valence-electron chi connectivity index (χ1n) is 9.46. The zero-order valence-electron chi connectivity index (χ0n) is 16.0. The SMILES string of the molecule is COc1ccc(N2C(=O)[C@@H]3[C@H](C2=O)[C@@H]2c4ccccc4C=NN2[C@@H]3C(C)=O)cc1. The summed E-state index contributed by atoms with van der Waals surface area (Å²) in [7, 11) is 1.55. The minimum Gasteiger partial charge on any atom is -0.497 e. The largest absolute Gasteiger partial charge is 0.497 e. The van der Waals surface area contributed by atoms with Crippen LogP contribution < -0.4 is 9.64 Å². The van der Waals surface area contributed by atoms with Gasteiger partial charge in [-0.1, -0.05) is 24.3 Å². The van der Waals surface area contributed by atoms with Crippen LogP contribution >= 0.6 is 0 Å². The number of methoxy groups -OCH3 is 1. The van der Waals surface area contributed by atoms with Crippen LogP contribution in [0.4, 0.5) is 5.69 Å². The average Bonchev–Trinajstić information content (AvgIpc) is 3.21. The third-order valence-corrected chi connectivity index (χ3v) is 6.04. The van der Waals surface area contributed by atoms with Crippen molar-refractivity contribution >= 4 is 29.5 Å². The second-order valence-corrected chi connectivity index (χ2v) is 7.52. The first kappa shape index (κ1) is 17.6. The van der Waals surface area contributed by atoms with Crippen molar-refractivity contribution in [3.63, 3.8) is 0 Å². The first-order chi connectivity index (χ1) is 14.0. The molecule has 0 saturated carbocycles. The number of carbonyl (C=O) groups is 3. The number of hydrogen-bond donors (Lipinski definition) is 0. The fourth-order valence-corrected chi connectivity index (χ4v) is 4.81. The second-order valence-electron chi connectivity index (χ2n) is 7.52. The highest BCUT2D eigenvalue weighted by Gasteiger charge is 2.64. The Labute approximate surface area is 167 Å². The number of benzene rings is 2. The molecule has 0 unspecified atom stereocenters. The Morgan fingerprint density at radius 1 is 1.00 bits per heavy atom. The Balaban J connectivity index is 1.62. The molecule has 0 N–H and O–H groups in total. The minimum absolute atomic E-state index is 0.170. The number of ether oxygens (including phenoxy) is 1. The van der Waals surface area contributed by atoms with Gasteiger partial charge < -0.3 is 4.74 Å². The van der Waals surface area contributed by atoms with Crippen LogP contribution in [0.2, 0.25) is 0 Å². The predicted molar refractivity (Wildman–Crippen MR) is 106 cm³/mol. The highest BCUT2D eigenvalue weighted by Crippen LogP contribution is 2.52. The van der Waals surface area contributed by atoms with Crippen LogP contribution in [-0.4, -0.2) is 42.0 Å². The molecule has 3 heterocycles. The molecule has 2 aromatic carbocycles. The molecule has 4 atom stereocenters. The standard InChI is InChI=1S/C22H19N3O4/c1-12(26)19-17-18(20-16-6-4-3-5-13(16)11-23-25(19)20)22(28)24(21(17)27)14-7-9-15(29-2)10-8-14/h3-11,17-20H,1-2H3/t17-,18+,19-,20+/m1/s1. The van der Waals surface area contributed by atoms with Crippen molar-refractivity contribution in [2.75, 3.05) is 12.0 Å². The van der Waals surface area contributed by atoms with E-state index in [0.29, 0.717) is 11.4 Å². The van der Waals surface area contributed by atoms with Crippen molar-refractivity contribution in [2.45, 2.75) is 19.0 Å². The Morgan fingerprint density at radius 2 is 1.69 bits per heavy atom. The average molecular weight is 389 g/mol. The maximum atomic E-state index is 13.5. The molecule has 0 radical (unpaired) electrons. The number of imide groups is 1. The van der Waals surface area contributed by atoms with E-state index in [9.17, 15) is 14.4 Å². The first-order valence-corrected chi connectivity index (χ1v) is 9.46. The topological polar surface area (TPSA) is 79.3 Å². The van der Waals surface area contributed by atoms with Crippen molar-refractivity contribution < 1.29 is 19.1 Å². The van der Waals surface area contributed by atoms with Crippen LogP contribution in [0.25, 0.3) is 0 Å². The summed E-state index contributed by atoms with van der Waals surface area (Å²) in [6, 6.07) is 13.3. The Bertz CT molecular complexity index is 1060. The Hall–Kier alpha value is -3.48. The van der Waals surface area contributed by atoms with Gasteiger partial charge in [0, 0.05) is 0 Å². The van der Waals surface area contributed by atoms with Crippen LogP contribution in [-0.2, 0) is 14.4 Å². The molecule has 7 nitrogen and oxygen atoms in total. The molecule has 7 heteroatoms. The number of fused-ring (bicyclic) bond motifs is 5. The summed E-state index contributed by atoms with van der Waals surface area (Å²) in [5.41, 5.74) is 2.30. The molecule has 2 amide bonds. The lowest BCUT2D eigenvalue weighted by molar-refractivity contribution is -0.129. The molecule has 29 heavy (non-hydrogen) atoms. The van der Waals surface area contributed by atoms with Crippen molar-refractivity contribution in [1.29, 1.82) is 0 Å². The molecule has 3 aliphatic rings. The number of nitrogens with zero attached hydrogens (tertiary/aromatic N) is 3. The summed E-state index contributed by atoms with van der Waals surface area (Å²) >= 11 is 0. The number of anilines is 1. The molecule has 2 fully saturated rings. The van der Waals surface area contributed by atoms with Crippen LogP contribution in [0.15, 0.2) is 53.6 Å². The molecule has 0 bridgehead atoms. The monoisotopic (exact) mass is 389 g/mol. The minimum atomic E-state index is -0.755. The van der Waals surface area contributed by atoms with Gasteiger partial charge in [-0.15, -0.1) is 0 Å². The highest BCUT2D eigenvalue weighted by molar-refractivity contribution is 6.24. The molecule has 2 aromatic rings. The van der Waals surface area contributed by atoms with E-state index in [2.05, 4.69) is 5.10 Å². The van der Waals surface area contributed by atoms with E-state index in [-0.39, 0.29) is 17.6 Å². The van der Waals surface area contributed by atoms with Crippen molar-refractivity contribution in [2.24, 2.45) is 16.9 Å². The maximum absolute atomic E-state index is 13.5. The summed E-state index contributed by atoms with van der Waals surface area (Å²) in [6.07, 6.45) is 1.69. The summed E-state index contributed by atoms with van der Waals surface area (Å²) in [6.45, 7) is 1.45. The molecule has 146 valence electrons. The lowest BCUT2D eigenvalue weighted by atomic mass is 9.84. The van der Waals surface area contributed by atoms with Gasteiger partial charge in [-0.2, -0.15) is 5.10 Å². The number of rotatable bonds is 3. The number of ketones is 1. The summed E-state index contributed by atoms with van der Waals surface area (Å²) in [5, 5.41) is 6.11. The summed E-state index contributed by atoms with van der Waals surface area (Å²) in [5.74, 6) is -1.59. The van der Waals surface area contributed by atoms with E-state index in [1.165, 1.54) is 11.8 Å². The van der Waals surface area contributed by atoms with Crippen molar-refractivity contribution in [1.82, 2.24) is 5.01 Å². The smallest absolute Gasteiger partial charge is 0.240 e. The fraction of sp³-hybridized carbons (Fsp3) is 0.273. The van der Waals surface area contributed by atoms with Gasteiger partial charge in [-0.25, -0.2) is 4.90 Å². The number of amides is 2. The van der Waals surface area contributed by atoms with Crippen molar-refractivity contribution in [3.8, 4) is 5.75 Å². The predicted octanol–water partition coefficient (Wildman–Crippen LogP) is 2.16. The third-order valence-electron chi connectivity index (χ3n) is 6.04. The van der Waals surface area contributed by atoms with Gasteiger partial charge in [0.1, 0.15) is 11.8 Å². The van der Waals surface area contributed by atoms with Gasteiger partial charge >= 0.3 is 0 Å². The van der Waals surface area contributed by atoms with E-state index in [0.717, 1.165) is 11.1 Å². The third kappa shape index (κ3) is 2.36. The van der Waals surface area contributed by atoms with Gasteiger partial charge in [0.25, 0.3) is 0 Å². The van der Waals surface area contributed by atoms with Crippen molar-refractivity contribution in [3.05, 3.63) is 59.7 Å². The molecule has 5 rings (SSSR count). The second kappa shape index (κ2) is 6.27. The van der Waals surface area contributed by atoms with Gasteiger partial charge in [-0.3, -0.25) is 19.4 Å². The molecule has 0 aliphatic carbocycles. The van der Waals surface area contributed by atoms with Gasteiger partial charge in [0.05, 0.1) is 36.9 Å². The normalized spacial score (nSPS) is 27.0. The van der Waals surface area contributed by atoms with Crippen LogP contribution in [0.3, 0.4) is 0 Å². The van der Waals surface area contributed by atoms with Crippen LogP contribution in [0.5, 0.6) is 5.75 Å². The Morgan fingerprint density at radius 3 is 2.38 bits per heavy atom. The van der Waals surface area contributed by atoms with E-state index in [1.807, 2.05) is 24.3 Å². The molecular weight excluding hydrogens is 370 g/mol. The lowest BCUT2D eigenvalue weighted by Gasteiger charge is -2.33. The number of hydrazone groups is 1. The lowest BCUT2D eigenvalue weighted by Crippen LogP contribution is -2.43.